The first kappa shape index (κ1) is 10.2. The molecule has 0 amide bonds. The zero-order valence-corrected chi connectivity index (χ0v) is 9.25. The number of fused-ring (bicyclic) bond motifs is 1. The second-order valence-corrected chi connectivity index (χ2v) is 3.80. The van der Waals surface area contributed by atoms with E-state index in [-0.39, 0.29) is 0 Å². The van der Waals surface area contributed by atoms with Gasteiger partial charge in [0, 0.05) is 11.1 Å². The second-order valence-electron chi connectivity index (χ2n) is 3.47. The number of aryl methyl sites for hydroxylation is 1. The molecule has 0 radical (unpaired) electrons. The third-order valence-corrected chi connectivity index (χ3v) is 2.43. The van der Waals surface area contributed by atoms with Gasteiger partial charge in [-0.2, -0.15) is 0 Å². The van der Waals surface area contributed by atoms with Crippen molar-refractivity contribution in [3.05, 3.63) is 29.2 Å². The van der Waals surface area contributed by atoms with Crippen LogP contribution in [-0.4, -0.2) is 9.97 Å². The summed E-state index contributed by atoms with van der Waals surface area (Å²) < 4.78 is 0. The Morgan fingerprint density at radius 1 is 1.33 bits per heavy atom. The number of rotatable bonds is 2. The smallest absolute Gasteiger partial charge is 0.223 e. The Balaban J connectivity index is 2.70. The van der Waals surface area contributed by atoms with Crippen LogP contribution in [0.15, 0.2) is 18.2 Å². The zero-order valence-electron chi connectivity index (χ0n) is 8.50. The van der Waals surface area contributed by atoms with Gasteiger partial charge in [0.15, 0.2) is 0 Å². The van der Waals surface area contributed by atoms with Gasteiger partial charge in [-0.3, -0.25) is 0 Å². The van der Waals surface area contributed by atoms with Gasteiger partial charge in [-0.05, 0) is 36.2 Å². The maximum absolute atomic E-state index is 5.85. The van der Waals surface area contributed by atoms with Crippen LogP contribution < -0.4 is 5.73 Å². The van der Waals surface area contributed by atoms with E-state index in [1.807, 2.05) is 18.2 Å². The van der Waals surface area contributed by atoms with Gasteiger partial charge >= 0.3 is 0 Å². The van der Waals surface area contributed by atoms with Crippen LogP contribution in [0.2, 0.25) is 5.28 Å². The van der Waals surface area contributed by atoms with Gasteiger partial charge in [-0.15, -0.1) is 0 Å². The van der Waals surface area contributed by atoms with E-state index in [1.165, 1.54) is 0 Å². The van der Waals surface area contributed by atoms with E-state index < -0.39 is 0 Å². The topological polar surface area (TPSA) is 51.8 Å². The van der Waals surface area contributed by atoms with E-state index in [0.717, 1.165) is 35.1 Å². The average molecular weight is 222 g/mol. The molecule has 0 fully saturated rings. The van der Waals surface area contributed by atoms with Gasteiger partial charge in [0.25, 0.3) is 0 Å². The number of anilines is 1. The maximum atomic E-state index is 5.85. The lowest BCUT2D eigenvalue weighted by Gasteiger charge is -2.05. The molecule has 4 heteroatoms. The van der Waals surface area contributed by atoms with Crippen molar-refractivity contribution in [2.45, 2.75) is 19.8 Å². The Labute approximate surface area is 93.3 Å². The Morgan fingerprint density at radius 2 is 2.13 bits per heavy atom. The summed E-state index contributed by atoms with van der Waals surface area (Å²) in [7, 11) is 0. The van der Waals surface area contributed by atoms with Crippen LogP contribution in [0, 0.1) is 0 Å². The molecule has 0 bridgehead atoms. The van der Waals surface area contributed by atoms with Gasteiger partial charge in [-0.25, -0.2) is 9.97 Å². The third kappa shape index (κ3) is 2.02. The summed E-state index contributed by atoms with van der Waals surface area (Å²) in [6, 6.07) is 5.59. The van der Waals surface area contributed by atoms with Crippen molar-refractivity contribution >= 4 is 28.2 Å². The fraction of sp³-hybridized carbons (Fsp3) is 0.273. The molecular weight excluding hydrogens is 210 g/mol. The van der Waals surface area contributed by atoms with Gasteiger partial charge in [-0.1, -0.05) is 13.3 Å². The van der Waals surface area contributed by atoms with Crippen molar-refractivity contribution in [1.82, 2.24) is 9.97 Å². The van der Waals surface area contributed by atoms with E-state index in [9.17, 15) is 0 Å². The summed E-state index contributed by atoms with van der Waals surface area (Å²) in [5.74, 6) is 0. The van der Waals surface area contributed by atoms with E-state index in [0.29, 0.717) is 5.28 Å². The van der Waals surface area contributed by atoms with Gasteiger partial charge in [0.2, 0.25) is 5.28 Å². The number of aromatic nitrogens is 2. The van der Waals surface area contributed by atoms with Gasteiger partial charge in [0.1, 0.15) is 0 Å². The fourth-order valence-corrected chi connectivity index (χ4v) is 1.80. The summed E-state index contributed by atoms with van der Waals surface area (Å²) in [5, 5.41) is 1.30. The minimum absolute atomic E-state index is 0.302. The van der Waals surface area contributed by atoms with Crippen molar-refractivity contribution in [3.63, 3.8) is 0 Å². The number of nitrogens with zero attached hydrogens (tertiary/aromatic N) is 2. The molecule has 0 saturated carbocycles. The van der Waals surface area contributed by atoms with Crippen LogP contribution in [0.1, 0.15) is 19.0 Å². The van der Waals surface area contributed by atoms with Crippen LogP contribution in [-0.2, 0) is 6.42 Å². The summed E-state index contributed by atoms with van der Waals surface area (Å²) in [6.45, 7) is 2.11. The Bertz CT molecular complexity index is 496. The molecular formula is C11H12ClN3. The van der Waals surface area contributed by atoms with Crippen LogP contribution in [0.25, 0.3) is 10.9 Å². The molecule has 0 aliphatic carbocycles. The zero-order chi connectivity index (χ0) is 10.8. The fourth-order valence-electron chi connectivity index (χ4n) is 1.61. The standard InChI is InChI=1S/C11H12ClN3/c1-2-3-9-8-6-7(13)4-5-10(8)15-11(12)14-9/h4-6H,2-3,13H2,1H3. The highest BCUT2D eigenvalue weighted by atomic mass is 35.5. The quantitative estimate of drug-likeness (QED) is 0.627. The van der Waals surface area contributed by atoms with Gasteiger partial charge in [0.05, 0.1) is 11.2 Å². The first-order chi connectivity index (χ1) is 7.20. The van der Waals surface area contributed by atoms with Crippen LogP contribution in [0.5, 0.6) is 0 Å². The van der Waals surface area contributed by atoms with Crippen molar-refractivity contribution in [1.29, 1.82) is 0 Å². The third-order valence-electron chi connectivity index (χ3n) is 2.26. The monoisotopic (exact) mass is 221 g/mol. The maximum Gasteiger partial charge on any atom is 0.223 e. The predicted molar refractivity (Wildman–Crippen MR) is 63.0 cm³/mol. The SMILES string of the molecule is CCCc1nc(Cl)nc2ccc(N)cc12. The Kier molecular flexibility index (Phi) is 2.73. The molecule has 78 valence electrons. The van der Waals surface area contributed by atoms with Crippen molar-refractivity contribution in [3.8, 4) is 0 Å². The lowest BCUT2D eigenvalue weighted by molar-refractivity contribution is 0.887. The van der Waals surface area contributed by atoms with E-state index in [2.05, 4.69) is 16.9 Å². The molecule has 1 aromatic carbocycles. The molecule has 15 heavy (non-hydrogen) atoms. The summed E-state index contributed by atoms with van der Waals surface area (Å²) >= 11 is 5.85. The van der Waals surface area contributed by atoms with Crippen molar-refractivity contribution in [2.75, 3.05) is 5.73 Å². The normalized spacial score (nSPS) is 10.8. The van der Waals surface area contributed by atoms with E-state index in [4.69, 9.17) is 17.3 Å². The van der Waals surface area contributed by atoms with Crippen molar-refractivity contribution in [2.24, 2.45) is 0 Å². The summed E-state index contributed by atoms with van der Waals surface area (Å²) in [6.07, 6.45) is 1.92. The predicted octanol–water partition coefficient (Wildman–Crippen LogP) is 2.82. The molecule has 1 aromatic heterocycles. The molecule has 0 unspecified atom stereocenters. The molecule has 2 N–H and O–H groups in total. The van der Waals surface area contributed by atoms with Crippen LogP contribution in [0.4, 0.5) is 5.69 Å². The highest BCUT2D eigenvalue weighted by Crippen LogP contribution is 2.21. The number of nitrogens with two attached hydrogens (primary N) is 1. The van der Waals surface area contributed by atoms with Crippen LogP contribution in [0.3, 0.4) is 0 Å². The number of hydrogen-bond acceptors (Lipinski definition) is 3. The average Bonchev–Trinajstić information content (AvgIpc) is 2.19. The molecule has 2 aromatic rings. The summed E-state index contributed by atoms with van der Waals surface area (Å²) in [5.41, 5.74) is 8.29. The Morgan fingerprint density at radius 3 is 2.87 bits per heavy atom. The number of benzene rings is 1. The van der Waals surface area contributed by atoms with Crippen LogP contribution >= 0.6 is 11.6 Å². The lowest BCUT2D eigenvalue weighted by atomic mass is 10.1. The highest BCUT2D eigenvalue weighted by molar-refractivity contribution is 6.28. The Hall–Kier alpha value is -1.35. The van der Waals surface area contributed by atoms with E-state index >= 15 is 0 Å². The first-order valence-corrected chi connectivity index (χ1v) is 5.30. The largest absolute Gasteiger partial charge is 0.399 e. The first-order valence-electron chi connectivity index (χ1n) is 4.92. The molecule has 0 aliphatic heterocycles. The summed E-state index contributed by atoms with van der Waals surface area (Å²) in [4.78, 5) is 8.39. The molecule has 1 heterocycles. The minimum atomic E-state index is 0.302. The van der Waals surface area contributed by atoms with Crippen molar-refractivity contribution < 1.29 is 0 Å². The lowest BCUT2D eigenvalue weighted by Crippen LogP contribution is -1.96. The molecule has 0 saturated heterocycles. The molecule has 0 spiro atoms. The minimum Gasteiger partial charge on any atom is -0.399 e. The van der Waals surface area contributed by atoms with E-state index in [1.54, 1.807) is 0 Å². The molecule has 3 nitrogen and oxygen atoms in total. The second kappa shape index (κ2) is 4.03. The van der Waals surface area contributed by atoms with Gasteiger partial charge < -0.3 is 5.73 Å². The molecule has 0 atom stereocenters. The highest BCUT2D eigenvalue weighted by Gasteiger charge is 2.05. The number of hydrogen-bond donors (Lipinski definition) is 1. The molecule has 2 rings (SSSR count). The number of halogens is 1. The molecule has 0 aliphatic rings. The number of nitrogen functional groups attached to an aromatic ring is 1.